The molecule has 0 atom stereocenters. The van der Waals surface area contributed by atoms with Gasteiger partial charge in [-0.05, 0) is 48.4 Å². The Morgan fingerprint density at radius 3 is 2.60 bits per heavy atom. The first kappa shape index (κ1) is 16.3. The largest absolute Gasteiger partial charge is 0.454 e. The van der Waals surface area contributed by atoms with Gasteiger partial charge in [-0.3, -0.25) is 4.79 Å². The summed E-state index contributed by atoms with van der Waals surface area (Å²) in [5.74, 6) is -1.41. The summed E-state index contributed by atoms with van der Waals surface area (Å²) >= 11 is 0. The summed E-state index contributed by atoms with van der Waals surface area (Å²) in [5.41, 5.74) is 0.587. The number of carbonyl (C=O) groups excluding carboxylic acids is 1. The number of aromatic nitrogens is 2. The van der Waals surface area contributed by atoms with E-state index < -0.39 is 17.5 Å². The lowest BCUT2D eigenvalue weighted by atomic mass is 9.97. The Morgan fingerprint density at radius 1 is 1.20 bits per heavy atom. The minimum absolute atomic E-state index is 0.160. The van der Waals surface area contributed by atoms with Crippen molar-refractivity contribution in [3.63, 3.8) is 0 Å². The van der Waals surface area contributed by atoms with Gasteiger partial charge in [-0.2, -0.15) is 13.2 Å². The molecule has 2 saturated heterocycles. The third kappa shape index (κ3) is 3.08. The minimum Gasteiger partial charge on any atom is -0.369 e. The van der Waals surface area contributed by atoms with Gasteiger partial charge in [0.2, 0.25) is 0 Å². The second-order valence-corrected chi connectivity index (χ2v) is 6.73. The zero-order valence-corrected chi connectivity index (χ0v) is 13.4. The van der Waals surface area contributed by atoms with Crippen molar-refractivity contribution in [1.82, 2.24) is 15.2 Å². The molecule has 1 aromatic carbocycles. The van der Waals surface area contributed by atoms with Gasteiger partial charge in [0, 0.05) is 31.1 Å². The Balaban J connectivity index is 1.55. The first-order valence-electron chi connectivity index (χ1n) is 8.27. The SMILES string of the molecule is O=C(c1cc(N2CC(CN3CCCC3)C2)c2nonc2c1)C(F)(F)F. The molecule has 0 N–H and O–H groups in total. The van der Waals surface area contributed by atoms with E-state index in [-0.39, 0.29) is 5.52 Å². The van der Waals surface area contributed by atoms with Crippen LogP contribution in [0, 0.1) is 5.92 Å². The number of Topliss-reactive ketones (excluding diaryl/α,β-unsaturated/α-hetero) is 1. The zero-order valence-electron chi connectivity index (χ0n) is 13.4. The molecular formula is C16H17F3N4O2. The molecule has 2 aliphatic heterocycles. The van der Waals surface area contributed by atoms with Gasteiger partial charge in [-0.15, -0.1) is 0 Å². The van der Waals surface area contributed by atoms with Crippen LogP contribution in [0.5, 0.6) is 0 Å². The number of ketones is 1. The van der Waals surface area contributed by atoms with Gasteiger partial charge in [0.25, 0.3) is 5.78 Å². The van der Waals surface area contributed by atoms with E-state index >= 15 is 0 Å². The Bertz CT molecular complexity index is 792. The van der Waals surface area contributed by atoms with Crippen molar-refractivity contribution in [1.29, 1.82) is 0 Å². The van der Waals surface area contributed by atoms with Crippen LogP contribution in [0.4, 0.5) is 18.9 Å². The van der Waals surface area contributed by atoms with Crippen LogP contribution >= 0.6 is 0 Å². The van der Waals surface area contributed by atoms with E-state index in [4.69, 9.17) is 0 Å². The maximum Gasteiger partial charge on any atom is 0.454 e. The van der Waals surface area contributed by atoms with Gasteiger partial charge in [-0.1, -0.05) is 0 Å². The molecule has 3 heterocycles. The molecule has 0 unspecified atom stereocenters. The zero-order chi connectivity index (χ0) is 17.6. The van der Waals surface area contributed by atoms with Gasteiger partial charge < -0.3 is 9.80 Å². The molecule has 9 heteroatoms. The molecule has 2 aromatic rings. The number of likely N-dealkylation sites (tertiary alicyclic amines) is 1. The van der Waals surface area contributed by atoms with Gasteiger partial charge in [0.1, 0.15) is 5.52 Å². The Labute approximate surface area is 141 Å². The van der Waals surface area contributed by atoms with Crippen molar-refractivity contribution in [3.8, 4) is 0 Å². The van der Waals surface area contributed by atoms with Gasteiger partial charge in [0.15, 0.2) is 5.52 Å². The maximum atomic E-state index is 12.8. The highest BCUT2D eigenvalue weighted by Gasteiger charge is 2.40. The Hall–Kier alpha value is -2.16. The van der Waals surface area contributed by atoms with Crippen molar-refractivity contribution in [2.45, 2.75) is 19.0 Å². The number of hydrogen-bond acceptors (Lipinski definition) is 6. The lowest BCUT2D eigenvalue weighted by molar-refractivity contribution is -0.0885. The topological polar surface area (TPSA) is 62.5 Å². The van der Waals surface area contributed by atoms with E-state index in [0.717, 1.165) is 38.8 Å². The van der Waals surface area contributed by atoms with Crippen molar-refractivity contribution in [2.24, 2.45) is 5.92 Å². The second kappa shape index (κ2) is 5.98. The minimum atomic E-state index is -4.92. The van der Waals surface area contributed by atoms with E-state index in [0.29, 0.717) is 17.1 Å². The van der Waals surface area contributed by atoms with Crippen LogP contribution < -0.4 is 4.90 Å². The van der Waals surface area contributed by atoms with Crippen LogP contribution in [-0.2, 0) is 0 Å². The van der Waals surface area contributed by atoms with E-state index in [9.17, 15) is 18.0 Å². The van der Waals surface area contributed by atoms with E-state index in [1.165, 1.54) is 18.9 Å². The first-order valence-corrected chi connectivity index (χ1v) is 8.27. The Kier molecular flexibility index (Phi) is 3.90. The fourth-order valence-corrected chi connectivity index (χ4v) is 3.62. The monoisotopic (exact) mass is 354 g/mol. The molecule has 0 spiro atoms. The van der Waals surface area contributed by atoms with E-state index in [1.807, 2.05) is 4.90 Å². The summed E-state index contributed by atoms with van der Waals surface area (Å²) < 4.78 is 42.9. The van der Waals surface area contributed by atoms with Crippen LogP contribution in [0.2, 0.25) is 0 Å². The number of alkyl halides is 3. The molecular weight excluding hydrogens is 337 g/mol. The molecule has 2 fully saturated rings. The number of benzene rings is 1. The molecule has 0 amide bonds. The molecule has 0 aliphatic carbocycles. The predicted molar refractivity (Wildman–Crippen MR) is 83.6 cm³/mol. The van der Waals surface area contributed by atoms with Crippen LogP contribution in [0.1, 0.15) is 23.2 Å². The molecule has 4 rings (SSSR count). The van der Waals surface area contributed by atoms with Gasteiger partial charge in [-0.25, -0.2) is 4.63 Å². The fraction of sp³-hybridized carbons (Fsp3) is 0.562. The molecule has 134 valence electrons. The summed E-state index contributed by atoms with van der Waals surface area (Å²) in [6, 6.07) is 2.32. The predicted octanol–water partition coefficient (Wildman–Crippen LogP) is 2.50. The fourth-order valence-electron chi connectivity index (χ4n) is 3.62. The quantitative estimate of drug-likeness (QED) is 0.786. The van der Waals surface area contributed by atoms with Crippen LogP contribution in [0.25, 0.3) is 11.0 Å². The molecule has 0 radical (unpaired) electrons. The van der Waals surface area contributed by atoms with Crippen molar-refractivity contribution >= 4 is 22.5 Å². The first-order chi connectivity index (χ1) is 11.9. The lowest BCUT2D eigenvalue weighted by Gasteiger charge is -2.42. The Morgan fingerprint density at radius 2 is 1.92 bits per heavy atom. The summed E-state index contributed by atoms with van der Waals surface area (Å²) in [4.78, 5) is 15.9. The highest BCUT2D eigenvalue weighted by atomic mass is 19.4. The number of carbonyl (C=O) groups is 1. The third-order valence-electron chi connectivity index (χ3n) is 4.87. The third-order valence-corrected chi connectivity index (χ3v) is 4.87. The summed E-state index contributed by atoms with van der Waals surface area (Å²) in [6.07, 6.45) is -2.47. The second-order valence-electron chi connectivity index (χ2n) is 6.73. The average Bonchev–Trinajstić information content (AvgIpc) is 3.19. The molecule has 0 saturated carbocycles. The number of rotatable bonds is 4. The number of anilines is 1. The number of nitrogens with zero attached hydrogens (tertiary/aromatic N) is 4. The summed E-state index contributed by atoms with van der Waals surface area (Å²) in [7, 11) is 0. The van der Waals surface area contributed by atoms with Crippen LogP contribution in [0.15, 0.2) is 16.8 Å². The molecule has 25 heavy (non-hydrogen) atoms. The molecule has 6 nitrogen and oxygen atoms in total. The van der Waals surface area contributed by atoms with E-state index in [2.05, 4.69) is 19.8 Å². The van der Waals surface area contributed by atoms with E-state index in [1.54, 1.807) is 0 Å². The standard InChI is InChI=1S/C16H17F3N4O2/c17-16(18,19)15(24)11-5-12-14(21-25-20-12)13(6-11)23-8-10(9-23)7-22-3-1-2-4-22/h5-6,10H,1-4,7-9H2. The average molecular weight is 354 g/mol. The molecule has 2 aliphatic rings. The molecule has 1 aromatic heterocycles. The lowest BCUT2D eigenvalue weighted by Crippen LogP contribution is -2.51. The summed E-state index contributed by atoms with van der Waals surface area (Å²) in [5, 5.41) is 7.39. The maximum absolute atomic E-state index is 12.8. The van der Waals surface area contributed by atoms with Gasteiger partial charge >= 0.3 is 6.18 Å². The summed E-state index contributed by atoms with van der Waals surface area (Å²) in [6.45, 7) is 4.68. The van der Waals surface area contributed by atoms with Crippen molar-refractivity contribution < 1.29 is 22.6 Å². The van der Waals surface area contributed by atoms with Gasteiger partial charge in [0.05, 0.1) is 5.69 Å². The smallest absolute Gasteiger partial charge is 0.369 e. The van der Waals surface area contributed by atoms with Crippen LogP contribution in [0.3, 0.4) is 0 Å². The van der Waals surface area contributed by atoms with Crippen molar-refractivity contribution in [3.05, 3.63) is 17.7 Å². The van der Waals surface area contributed by atoms with Crippen LogP contribution in [-0.4, -0.2) is 59.9 Å². The highest BCUT2D eigenvalue weighted by molar-refractivity contribution is 6.05. The normalized spacial score (nSPS) is 19.6. The number of hydrogen-bond donors (Lipinski definition) is 0. The highest BCUT2D eigenvalue weighted by Crippen LogP contribution is 2.34. The van der Waals surface area contributed by atoms with Crippen molar-refractivity contribution in [2.75, 3.05) is 37.6 Å². The molecule has 0 bridgehead atoms. The number of fused-ring (bicyclic) bond motifs is 1. The number of halogens is 3.